The van der Waals surface area contributed by atoms with Gasteiger partial charge in [-0.2, -0.15) is 4.98 Å². The summed E-state index contributed by atoms with van der Waals surface area (Å²) in [4.78, 5) is 37.4. The number of piperazine rings is 1. The molecule has 2 aliphatic rings. The minimum absolute atomic E-state index is 0.0228. The van der Waals surface area contributed by atoms with Gasteiger partial charge in [0.05, 0.1) is 17.4 Å². The second-order valence-electron chi connectivity index (χ2n) is 10.1. The van der Waals surface area contributed by atoms with Crippen molar-refractivity contribution in [1.29, 1.82) is 0 Å². The maximum atomic E-state index is 12.7. The predicted molar refractivity (Wildman–Crippen MR) is 158 cm³/mol. The van der Waals surface area contributed by atoms with E-state index in [4.69, 9.17) is 23.1 Å². The number of benzene rings is 2. The first-order chi connectivity index (χ1) is 19.4. The highest BCUT2D eigenvalue weighted by molar-refractivity contribution is 6.33. The van der Waals surface area contributed by atoms with E-state index in [-0.39, 0.29) is 18.1 Å². The number of carbonyl (C=O) groups is 2. The summed E-state index contributed by atoms with van der Waals surface area (Å²) in [5.41, 5.74) is 14.2. The molecule has 0 unspecified atom stereocenters. The summed E-state index contributed by atoms with van der Waals surface area (Å²) in [5, 5.41) is 9.74. The number of primary amides is 1. The van der Waals surface area contributed by atoms with Crippen LogP contribution in [0.1, 0.15) is 36.0 Å². The van der Waals surface area contributed by atoms with Crippen LogP contribution in [-0.4, -0.2) is 65.1 Å². The number of amides is 3. The first kappa shape index (κ1) is 27.5. The van der Waals surface area contributed by atoms with Gasteiger partial charge >= 0.3 is 6.03 Å². The molecule has 1 saturated carbocycles. The lowest BCUT2D eigenvalue weighted by atomic mass is 9.92. The van der Waals surface area contributed by atoms with Crippen molar-refractivity contribution < 1.29 is 9.59 Å². The van der Waals surface area contributed by atoms with Crippen molar-refractivity contribution in [2.75, 3.05) is 41.7 Å². The smallest absolute Gasteiger partial charge is 0.317 e. The van der Waals surface area contributed by atoms with Gasteiger partial charge in [-0.05, 0) is 62.1 Å². The Morgan fingerprint density at radius 1 is 0.925 bits per heavy atom. The summed E-state index contributed by atoms with van der Waals surface area (Å²) in [6.45, 7) is 2.87. The molecule has 2 heterocycles. The van der Waals surface area contributed by atoms with Gasteiger partial charge in [0, 0.05) is 49.6 Å². The van der Waals surface area contributed by atoms with Crippen molar-refractivity contribution in [3.05, 3.63) is 65.3 Å². The molecule has 1 aliphatic carbocycles. The number of carbonyl (C=O) groups excluding carboxylic acids is 2. The molecule has 11 nitrogen and oxygen atoms in total. The number of hydrogen-bond donors (Lipinski definition) is 5. The van der Waals surface area contributed by atoms with Gasteiger partial charge in [0.25, 0.3) is 5.91 Å². The van der Waals surface area contributed by atoms with Crippen molar-refractivity contribution in [3.63, 3.8) is 0 Å². The Kier molecular flexibility index (Phi) is 8.51. The summed E-state index contributed by atoms with van der Waals surface area (Å²) in [7, 11) is 0. The van der Waals surface area contributed by atoms with Gasteiger partial charge in [-0.15, -0.1) is 0 Å². The van der Waals surface area contributed by atoms with E-state index in [9.17, 15) is 9.59 Å². The average molecular weight is 564 g/mol. The van der Waals surface area contributed by atoms with Crippen LogP contribution in [0.4, 0.5) is 33.6 Å². The second-order valence-corrected chi connectivity index (χ2v) is 10.5. The minimum Gasteiger partial charge on any atom is -0.368 e. The van der Waals surface area contributed by atoms with Gasteiger partial charge in [-0.25, -0.2) is 9.78 Å². The van der Waals surface area contributed by atoms with E-state index in [1.165, 1.54) is 6.20 Å². The number of hydrogen-bond acceptors (Lipinski definition) is 8. The quantitative estimate of drug-likeness (QED) is 0.290. The summed E-state index contributed by atoms with van der Waals surface area (Å²) >= 11 is 6.30. The molecule has 0 bridgehead atoms. The molecule has 3 amide bonds. The Labute approximate surface area is 238 Å². The van der Waals surface area contributed by atoms with Crippen molar-refractivity contribution in [1.82, 2.24) is 20.2 Å². The molecule has 1 aromatic heterocycles. The summed E-state index contributed by atoms with van der Waals surface area (Å²) in [6.07, 6.45) is 5.33. The molecule has 1 saturated heterocycles. The number of rotatable bonds is 7. The monoisotopic (exact) mass is 563 g/mol. The minimum atomic E-state index is -0.554. The highest BCUT2D eigenvalue weighted by Crippen LogP contribution is 2.27. The molecular weight excluding hydrogens is 530 g/mol. The number of halogens is 1. The number of urea groups is 1. The number of nitrogens with two attached hydrogens (primary N) is 2. The van der Waals surface area contributed by atoms with Crippen LogP contribution in [0.2, 0.25) is 5.02 Å². The Balaban J connectivity index is 1.15. The Bertz CT molecular complexity index is 1340. The molecule has 3 aromatic rings. The fraction of sp³-hybridized carbons (Fsp3) is 0.357. The lowest BCUT2D eigenvalue weighted by Gasteiger charge is -2.37. The van der Waals surface area contributed by atoms with E-state index in [1.807, 2.05) is 29.2 Å². The maximum Gasteiger partial charge on any atom is 0.317 e. The van der Waals surface area contributed by atoms with Crippen LogP contribution in [0, 0.1) is 0 Å². The molecule has 0 spiro atoms. The van der Waals surface area contributed by atoms with Gasteiger partial charge in [-0.3, -0.25) is 4.79 Å². The normalized spacial score (nSPS) is 19.1. The predicted octanol–water partition coefficient (Wildman–Crippen LogP) is 3.82. The van der Waals surface area contributed by atoms with Crippen molar-refractivity contribution in [2.24, 2.45) is 11.5 Å². The topological polar surface area (TPSA) is 155 Å². The Hall–Kier alpha value is -4.09. The van der Waals surface area contributed by atoms with Crippen molar-refractivity contribution in [3.8, 4) is 0 Å². The number of nitrogens with one attached hydrogen (secondary N) is 3. The number of aromatic nitrogens is 2. The van der Waals surface area contributed by atoms with Crippen molar-refractivity contribution in [2.45, 2.75) is 37.8 Å². The fourth-order valence-electron chi connectivity index (χ4n) is 5.03. The highest BCUT2D eigenvalue weighted by Gasteiger charge is 2.25. The van der Waals surface area contributed by atoms with Crippen LogP contribution >= 0.6 is 11.6 Å². The second kappa shape index (κ2) is 12.4. The lowest BCUT2D eigenvalue weighted by Crippen LogP contribution is -2.54. The fourth-order valence-corrected chi connectivity index (χ4v) is 5.17. The Morgan fingerprint density at radius 2 is 1.62 bits per heavy atom. The highest BCUT2D eigenvalue weighted by atomic mass is 35.5. The summed E-state index contributed by atoms with van der Waals surface area (Å²) < 4.78 is 0. The van der Waals surface area contributed by atoms with Crippen LogP contribution in [0.15, 0.2) is 54.7 Å². The lowest BCUT2D eigenvalue weighted by molar-refractivity contribution is 0.100. The first-order valence-electron chi connectivity index (χ1n) is 13.5. The number of anilines is 5. The Morgan fingerprint density at radius 3 is 2.33 bits per heavy atom. The third kappa shape index (κ3) is 6.72. The van der Waals surface area contributed by atoms with E-state index in [1.54, 1.807) is 24.3 Å². The van der Waals surface area contributed by atoms with E-state index in [0.717, 1.165) is 50.1 Å². The number of nitrogens with zero attached hydrogens (tertiary/aromatic N) is 4. The van der Waals surface area contributed by atoms with Crippen LogP contribution in [-0.2, 0) is 0 Å². The molecule has 5 rings (SSSR count). The standard InChI is InChI=1S/C28H34ClN9O2/c29-23-17-32-27(36-26(23)35-24-4-2-1-3-22(24)25(31)39)33-19-9-11-21(12-10-19)37-13-15-38(16-14-37)28(40)34-20-7-5-18(30)6-8-20/h1-4,9-12,17-18,20H,5-8,13-16,30H2,(H2,31,39)(H,34,40)(H2,32,33,35,36). The molecule has 2 aromatic carbocycles. The molecule has 210 valence electrons. The van der Waals surface area contributed by atoms with E-state index in [0.29, 0.717) is 41.1 Å². The van der Waals surface area contributed by atoms with Crippen LogP contribution in [0.3, 0.4) is 0 Å². The average Bonchev–Trinajstić information content (AvgIpc) is 2.97. The number of para-hydroxylation sites is 1. The van der Waals surface area contributed by atoms with Crippen molar-refractivity contribution >= 4 is 52.4 Å². The van der Waals surface area contributed by atoms with Gasteiger partial charge in [0.2, 0.25) is 5.95 Å². The first-order valence-corrected chi connectivity index (χ1v) is 13.8. The van der Waals surface area contributed by atoms with Gasteiger partial charge in [0.1, 0.15) is 5.02 Å². The SMILES string of the molecule is NC(=O)c1ccccc1Nc1nc(Nc2ccc(N3CCN(C(=O)NC4CCC(N)CC4)CC3)cc2)ncc1Cl. The van der Waals surface area contributed by atoms with E-state index < -0.39 is 5.91 Å². The van der Waals surface area contributed by atoms with E-state index in [2.05, 4.69) is 30.8 Å². The van der Waals surface area contributed by atoms with Gasteiger partial charge in [0.15, 0.2) is 5.82 Å². The molecule has 2 fully saturated rings. The summed E-state index contributed by atoms with van der Waals surface area (Å²) in [5.74, 6) is 0.135. The molecule has 12 heteroatoms. The molecule has 1 aliphatic heterocycles. The zero-order valence-corrected chi connectivity index (χ0v) is 22.9. The largest absolute Gasteiger partial charge is 0.368 e. The molecule has 0 radical (unpaired) electrons. The maximum absolute atomic E-state index is 12.7. The zero-order chi connectivity index (χ0) is 28.1. The zero-order valence-electron chi connectivity index (χ0n) is 22.1. The molecule has 0 atom stereocenters. The van der Waals surface area contributed by atoms with E-state index >= 15 is 0 Å². The van der Waals surface area contributed by atoms with Crippen LogP contribution in [0.5, 0.6) is 0 Å². The molecule has 40 heavy (non-hydrogen) atoms. The molecule has 7 N–H and O–H groups in total. The summed E-state index contributed by atoms with van der Waals surface area (Å²) in [6, 6.07) is 15.4. The van der Waals surface area contributed by atoms with Gasteiger partial charge < -0.3 is 37.2 Å². The third-order valence-corrected chi connectivity index (χ3v) is 7.62. The van der Waals surface area contributed by atoms with Crippen LogP contribution < -0.4 is 32.3 Å². The van der Waals surface area contributed by atoms with Crippen LogP contribution in [0.25, 0.3) is 0 Å². The third-order valence-electron chi connectivity index (χ3n) is 7.34. The molecular formula is C28H34ClN9O2. The van der Waals surface area contributed by atoms with Gasteiger partial charge in [-0.1, -0.05) is 23.7 Å².